The summed E-state index contributed by atoms with van der Waals surface area (Å²) in [4.78, 5) is 0. The number of halogens is 4. The van der Waals surface area contributed by atoms with Gasteiger partial charge in [-0.15, -0.1) is 0 Å². The normalized spacial score (nSPS) is 12.4. The van der Waals surface area contributed by atoms with E-state index in [1.807, 2.05) is 25.1 Å². The zero-order valence-electron chi connectivity index (χ0n) is 11.5. The monoisotopic (exact) mass is 389 g/mol. The lowest BCUT2D eigenvalue weighted by molar-refractivity contribution is 0.547. The van der Waals surface area contributed by atoms with Gasteiger partial charge in [-0.1, -0.05) is 36.2 Å². The predicted octanol–water partition coefficient (Wildman–Crippen LogP) is 5.79. The van der Waals surface area contributed by atoms with Crippen LogP contribution in [0.4, 0.5) is 4.39 Å². The Labute approximate surface area is 142 Å². The standard InChI is InChI=1S/C16H15BrCl2FN/c1-2-21-16(10-3-5-13(17)15(19)8-10)9-11-7-12(20)4-6-14(11)18/h3-8,16,21H,2,9H2,1H3. The molecule has 5 heteroatoms. The highest BCUT2D eigenvalue weighted by Crippen LogP contribution is 2.29. The van der Waals surface area contributed by atoms with Gasteiger partial charge in [0.1, 0.15) is 5.82 Å². The molecule has 0 radical (unpaired) electrons. The summed E-state index contributed by atoms with van der Waals surface area (Å²) in [6.07, 6.45) is 0.600. The van der Waals surface area contributed by atoms with Gasteiger partial charge in [-0.05, 0) is 70.4 Å². The molecule has 1 N–H and O–H groups in total. The topological polar surface area (TPSA) is 12.0 Å². The number of rotatable bonds is 5. The van der Waals surface area contributed by atoms with E-state index in [0.29, 0.717) is 16.5 Å². The molecule has 0 saturated heterocycles. The number of hydrogen-bond donors (Lipinski definition) is 1. The first-order valence-electron chi connectivity index (χ1n) is 6.63. The zero-order valence-corrected chi connectivity index (χ0v) is 14.6. The lowest BCUT2D eigenvalue weighted by Crippen LogP contribution is -2.23. The van der Waals surface area contributed by atoms with Crippen molar-refractivity contribution in [3.8, 4) is 0 Å². The van der Waals surface area contributed by atoms with E-state index in [9.17, 15) is 4.39 Å². The molecule has 0 saturated carbocycles. The summed E-state index contributed by atoms with van der Waals surface area (Å²) in [6.45, 7) is 2.83. The van der Waals surface area contributed by atoms with Crippen LogP contribution < -0.4 is 5.32 Å². The van der Waals surface area contributed by atoms with Gasteiger partial charge in [0.25, 0.3) is 0 Å². The first-order valence-corrected chi connectivity index (χ1v) is 8.18. The van der Waals surface area contributed by atoms with Crippen LogP contribution in [0.15, 0.2) is 40.9 Å². The molecule has 0 aliphatic carbocycles. The average molecular weight is 391 g/mol. The summed E-state index contributed by atoms with van der Waals surface area (Å²) in [6, 6.07) is 10.3. The Morgan fingerprint density at radius 1 is 1.14 bits per heavy atom. The minimum atomic E-state index is -0.279. The van der Waals surface area contributed by atoms with Crippen molar-refractivity contribution in [1.29, 1.82) is 0 Å². The number of nitrogens with one attached hydrogen (secondary N) is 1. The van der Waals surface area contributed by atoms with Gasteiger partial charge in [0.2, 0.25) is 0 Å². The van der Waals surface area contributed by atoms with Crippen molar-refractivity contribution < 1.29 is 4.39 Å². The average Bonchev–Trinajstić information content (AvgIpc) is 2.45. The second-order valence-corrected chi connectivity index (χ2v) is 6.39. The minimum Gasteiger partial charge on any atom is -0.310 e. The summed E-state index contributed by atoms with van der Waals surface area (Å²) in [5.41, 5.74) is 1.83. The molecular weight excluding hydrogens is 376 g/mol. The summed E-state index contributed by atoms with van der Waals surface area (Å²) >= 11 is 15.7. The fraction of sp³-hybridized carbons (Fsp3) is 0.250. The molecule has 0 aliphatic rings. The molecule has 21 heavy (non-hydrogen) atoms. The summed E-state index contributed by atoms with van der Waals surface area (Å²) in [7, 11) is 0. The van der Waals surface area contributed by atoms with Gasteiger partial charge in [-0.3, -0.25) is 0 Å². The van der Waals surface area contributed by atoms with Gasteiger partial charge < -0.3 is 5.32 Å². The van der Waals surface area contributed by atoms with Crippen molar-refractivity contribution in [2.24, 2.45) is 0 Å². The highest BCUT2D eigenvalue weighted by Gasteiger charge is 2.15. The minimum absolute atomic E-state index is 0.0277. The molecule has 1 nitrogen and oxygen atoms in total. The quantitative estimate of drug-likeness (QED) is 0.681. The first-order chi connectivity index (χ1) is 10.0. The third kappa shape index (κ3) is 4.43. The van der Waals surface area contributed by atoms with Gasteiger partial charge in [0.05, 0.1) is 5.02 Å². The van der Waals surface area contributed by atoms with Gasteiger partial charge >= 0.3 is 0 Å². The van der Waals surface area contributed by atoms with Crippen molar-refractivity contribution in [1.82, 2.24) is 5.32 Å². The maximum absolute atomic E-state index is 13.4. The largest absolute Gasteiger partial charge is 0.310 e. The third-order valence-electron chi connectivity index (χ3n) is 3.23. The Morgan fingerprint density at radius 3 is 2.57 bits per heavy atom. The Morgan fingerprint density at radius 2 is 1.90 bits per heavy atom. The Bertz CT molecular complexity index is 634. The van der Waals surface area contributed by atoms with Gasteiger partial charge in [0.15, 0.2) is 0 Å². The van der Waals surface area contributed by atoms with Crippen LogP contribution in [0.2, 0.25) is 10.0 Å². The Hall–Kier alpha value is -0.610. The number of benzene rings is 2. The summed E-state index contributed by atoms with van der Waals surface area (Å²) in [5, 5.41) is 4.61. The van der Waals surface area contributed by atoms with E-state index < -0.39 is 0 Å². The second kappa shape index (κ2) is 7.59. The Balaban J connectivity index is 2.30. The molecule has 0 bridgehead atoms. The van der Waals surface area contributed by atoms with E-state index in [1.54, 1.807) is 6.07 Å². The van der Waals surface area contributed by atoms with Crippen LogP contribution in [0.3, 0.4) is 0 Å². The van der Waals surface area contributed by atoms with Crippen molar-refractivity contribution in [2.75, 3.05) is 6.54 Å². The Kier molecular flexibility index (Phi) is 6.06. The predicted molar refractivity (Wildman–Crippen MR) is 90.7 cm³/mol. The fourth-order valence-electron chi connectivity index (χ4n) is 2.20. The molecule has 0 fully saturated rings. The highest BCUT2D eigenvalue weighted by atomic mass is 79.9. The van der Waals surface area contributed by atoms with E-state index in [-0.39, 0.29) is 11.9 Å². The molecule has 0 spiro atoms. The van der Waals surface area contributed by atoms with Gasteiger partial charge in [-0.2, -0.15) is 0 Å². The lowest BCUT2D eigenvalue weighted by Gasteiger charge is -2.20. The van der Waals surface area contributed by atoms with Crippen molar-refractivity contribution in [3.05, 3.63) is 67.9 Å². The molecule has 112 valence electrons. The second-order valence-electron chi connectivity index (χ2n) is 4.72. The molecule has 2 aromatic carbocycles. The van der Waals surface area contributed by atoms with Crippen LogP contribution in [-0.4, -0.2) is 6.54 Å². The maximum Gasteiger partial charge on any atom is 0.123 e. The fourth-order valence-corrected chi connectivity index (χ4v) is 2.83. The van der Waals surface area contributed by atoms with Crippen LogP contribution in [-0.2, 0) is 6.42 Å². The van der Waals surface area contributed by atoms with E-state index in [2.05, 4.69) is 21.2 Å². The summed E-state index contributed by atoms with van der Waals surface area (Å²) < 4.78 is 14.3. The van der Waals surface area contributed by atoms with Crippen molar-refractivity contribution in [2.45, 2.75) is 19.4 Å². The smallest absolute Gasteiger partial charge is 0.123 e. The molecule has 2 rings (SSSR count). The van der Waals surface area contributed by atoms with Crippen molar-refractivity contribution >= 4 is 39.1 Å². The van der Waals surface area contributed by atoms with E-state index in [4.69, 9.17) is 23.2 Å². The van der Waals surface area contributed by atoms with Crippen LogP contribution in [0.25, 0.3) is 0 Å². The molecular formula is C16H15BrCl2FN. The molecule has 0 aromatic heterocycles. The molecule has 0 amide bonds. The van der Waals surface area contributed by atoms with Gasteiger partial charge in [-0.25, -0.2) is 4.39 Å². The lowest BCUT2D eigenvalue weighted by atomic mass is 9.98. The van der Waals surface area contributed by atoms with E-state index >= 15 is 0 Å². The van der Waals surface area contributed by atoms with Crippen LogP contribution in [0, 0.1) is 5.82 Å². The van der Waals surface area contributed by atoms with E-state index in [1.165, 1.54) is 12.1 Å². The number of hydrogen-bond acceptors (Lipinski definition) is 1. The SMILES string of the molecule is CCNC(Cc1cc(F)ccc1Cl)c1ccc(Br)c(Cl)c1. The first kappa shape index (κ1) is 16.8. The van der Waals surface area contributed by atoms with Crippen LogP contribution in [0.5, 0.6) is 0 Å². The molecule has 1 unspecified atom stereocenters. The third-order valence-corrected chi connectivity index (χ3v) is 4.83. The summed E-state index contributed by atoms with van der Waals surface area (Å²) in [5.74, 6) is -0.279. The van der Waals surface area contributed by atoms with Crippen LogP contribution >= 0.6 is 39.1 Å². The zero-order chi connectivity index (χ0) is 15.4. The van der Waals surface area contributed by atoms with Crippen LogP contribution in [0.1, 0.15) is 24.1 Å². The number of likely N-dealkylation sites (N-methyl/N-ethyl adjacent to an activating group) is 1. The van der Waals surface area contributed by atoms with Crippen molar-refractivity contribution in [3.63, 3.8) is 0 Å². The highest BCUT2D eigenvalue weighted by molar-refractivity contribution is 9.10. The molecule has 0 aliphatic heterocycles. The molecule has 0 heterocycles. The van der Waals surface area contributed by atoms with Gasteiger partial charge in [0, 0.05) is 15.5 Å². The molecule has 2 aromatic rings. The molecule has 1 atom stereocenters. The maximum atomic E-state index is 13.4. The van der Waals surface area contributed by atoms with E-state index in [0.717, 1.165) is 22.1 Å².